The Morgan fingerprint density at radius 2 is 2.00 bits per heavy atom. The predicted octanol–water partition coefficient (Wildman–Crippen LogP) is 3.43. The molecule has 7 nitrogen and oxygen atoms in total. The fourth-order valence-corrected chi connectivity index (χ4v) is 4.26. The smallest absolute Gasteiger partial charge is 0.226 e. The Labute approximate surface area is 187 Å². The van der Waals surface area contributed by atoms with E-state index >= 15 is 0 Å². The first-order valence-corrected chi connectivity index (χ1v) is 10.5. The Hall–Kier alpha value is -3.39. The first kappa shape index (κ1) is 20.9. The van der Waals surface area contributed by atoms with Crippen molar-refractivity contribution in [3.8, 4) is 5.75 Å². The minimum atomic E-state index is -0.0979. The molecule has 160 valence electrons. The maximum Gasteiger partial charge on any atom is 0.226 e. The lowest BCUT2D eigenvalue weighted by Gasteiger charge is -2.28. The SMILES string of the molecule is COc1ccccc1NC(=O)CCN1C(=S)N[C@@H](c2ccccn2)[C@H]1c1cccn1C. The van der Waals surface area contributed by atoms with Gasteiger partial charge in [-0.3, -0.25) is 9.78 Å². The van der Waals surface area contributed by atoms with Crippen LogP contribution in [-0.2, 0) is 11.8 Å². The van der Waals surface area contributed by atoms with Crippen molar-refractivity contribution in [3.63, 3.8) is 0 Å². The van der Waals surface area contributed by atoms with E-state index in [1.165, 1.54) is 0 Å². The summed E-state index contributed by atoms with van der Waals surface area (Å²) in [4.78, 5) is 19.3. The van der Waals surface area contributed by atoms with Gasteiger partial charge in [0, 0.05) is 38.1 Å². The van der Waals surface area contributed by atoms with Gasteiger partial charge in [0.2, 0.25) is 5.91 Å². The number of carbonyl (C=O) groups is 1. The lowest BCUT2D eigenvalue weighted by Crippen LogP contribution is -2.33. The van der Waals surface area contributed by atoms with Crippen LogP contribution < -0.4 is 15.4 Å². The van der Waals surface area contributed by atoms with Crippen LogP contribution in [0.5, 0.6) is 5.75 Å². The molecule has 31 heavy (non-hydrogen) atoms. The van der Waals surface area contributed by atoms with Crippen molar-refractivity contribution in [2.24, 2.45) is 7.05 Å². The van der Waals surface area contributed by atoms with Crippen molar-refractivity contribution < 1.29 is 9.53 Å². The number of thiocarbonyl (C=S) groups is 1. The maximum absolute atomic E-state index is 12.7. The van der Waals surface area contributed by atoms with E-state index in [1.807, 2.05) is 61.8 Å². The molecule has 1 aliphatic rings. The van der Waals surface area contributed by atoms with Crippen molar-refractivity contribution in [3.05, 3.63) is 78.4 Å². The molecule has 0 spiro atoms. The van der Waals surface area contributed by atoms with Crippen molar-refractivity contribution in [1.82, 2.24) is 19.8 Å². The number of aromatic nitrogens is 2. The number of methoxy groups -OCH3 is 1. The van der Waals surface area contributed by atoms with Gasteiger partial charge in [-0.25, -0.2) is 0 Å². The Kier molecular flexibility index (Phi) is 6.18. The summed E-state index contributed by atoms with van der Waals surface area (Å²) >= 11 is 5.66. The molecule has 0 saturated carbocycles. The number of hydrogen-bond acceptors (Lipinski definition) is 4. The molecule has 1 aliphatic heterocycles. The molecule has 0 bridgehead atoms. The van der Waals surface area contributed by atoms with E-state index in [4.69, 9.17) is 17.0 Å². The summed E-state index contributed by atoms with van der Waals surface area (Å²) in [5.74, 6) is 0.533. The number of para-hydroxylation sites is 2. The van der Waals surface area contributed by atoms with Gasteiger partial charge in [0.1, 0.15) is 5.75 Å². The largest absolute Gasteiger partial charge is 0.495 e. The Morgan fingerprint density at radius 3 is 2.71 bits per heavy atom. The minimum absolute atomic E-state index is 0.0681. The predicted molar refractivity (Wildman–Crippen MR) is 124 cm³/mol. The zero-order chi connectivity index (χ0) is 21.8. The quantitative estimate of drug-likeness (QED) is 0.554. The number of nitrogens with one attached hydrogen (secondary N) is 2. The van der Waals surface area contributed by atoms with Crippen LogP contribution in [0.1, 0.15) is 29.9 Å². The van der Waals surface area contributed by atoms with Crippen LogP contribution in [0.25, 0.3) is 0 Å². The van der Waals surface area contributed by atoms with E-state index < -0.39 is 0 Å². The number of benzene rings is 1. The van der Waals surface area contributed by atoms with Gasteiger partial charge in [-0.1, -0.05) is 18.2 Å². The van der Waals surface area contributed by atoms with Crippen molar-refractivity contribution in [2.75, 3.05) is 19.0 Å². The van der Waals surface area contributed by atoms with Crippen molar-refractivity contribution >= 4 is 28.9 Å². The zero-order valence-corrected chi connectivity index (χ0v) is 18.3. The van der Waals surface area contributed by atoms with Crippen molar-refractivity contribution in [2.45, 2.75) is 18.5 Å². The van der Waals surface area contributed by atoms with Crippen LogP contribution in [-0.4, -0.2) is 39.1 Å². The van der Waals surface area contributed by atoms with Crippen LogP contribution >= 0.6 is 12.2 Å². The van der Waals surface area contributed by atoms with Gasteiger partial charge in [0.15, 0.2) is 5.11 Å². The number of ether oxygens (including phenoxy) is 1. The van der Waals surface area contributed by atoms with Crippen LogP contribution in [0.15, 0.2) is 67.0 Å². The van der Waals surface area contributed by atoms with E-state index in [0.717, 1.165) is 11.4 Å². The number of hydrogen-bond donors (Lipinski definition) is 2. The molecule has 3 aromatic rings. The molecular formula is C23H25N5O2S. The van der Waals surface area contributed by atoms with E-state index in [2.05, 4.69) is 31.2 Å². The van der Waals surface area contributed by atoms with Crippen LogP contribution in [0.2, 0.25) is 0 Å². The first-order chi connectivity index (χ1) is 15.1. The standard InChI is InChI=1S/C23H25N5O2S/c1-27-14-7-10-18(27)22-21(17-9-5-6-13-24-17)26-23(31)28(22)15-12-20(29)25-16-8-3-4-11-19(16)30-2/h3-11,13-14,21-22H,12,15H2,1-2H3,(H,25,29)(H,26,31)/t21-,22+/m0/s1. The maximum atomic E-state index is 12.7. The number of aryl methyl sites for hydroxylation is 1. The fraction of sp³-hybridized carbons (Fsp3) is 0.261. The normalized spacial score (nSPS) is 18.0. The number of amides is 1. The van der Waals surface area contributed by atoms with Crippen LogP contribution in [0.4, 0.5) is 5.69 Å². The molecule has 2 N–H and O–H groups in total. The van der Waals surface area contributed by atoms with E-state index in [-0.39, 0.29) is 24.4 Å². The van der Waals surface area contributed by atoms with E-state index in [1.54, 1.807) is 13.3 Å². The third-order valence-electron chi connectivity index (χ3n) is 5.45. The first-order valence-electron chi connectivity index (χ1n) is 10.1. The zero-order valence-electron chi connectivity index (χ0n) is 17.5. The molecule has 0 unspecified atom stereocenters. The topological polar surface area (TPSA) is 71.4 Å². The van der Waals surface area contributed by atoms with Gasteiger partial charge in [-0.2, -0.15) is 0 Å². The lowest BCUT2D eigenvalue weighted by molar-refractivity contribution is -0.116. The fourth-order valence-electron chi connectivity index (χ4n) is 3.93. The molecular weight excluding hydrogens is 410 g/mol. The summed E-state index contributed by atoms with van der Waals surface area (Å²) in [7, 11) is 3.60. The second-order valence-corrected chi connectivity index (χ2v) is 7.75. The van der Waals surface area contributed by atoms with Crippen molar-refractivity contribution in [1.29, 1.82) is 0 Å². The average molecular weight is 436 g/mol. The summed E-state index contributed by atoms with van der Waals surface area (Å²) in [6.45, 7) is 0.478. The van der Waals surface area contributed by atoms with Gasteiger partial charge in [-0.15, -0.1) is 0 Å². The second kappa shape index (κ2) is 9.18. The van der Waals surface area contributed by atoms with Gasteiger partial charge in [0.05, 0.1) is 30.6 Å². The molecule has 1 amide bonds. The van der Waals surface area contributed by atoms with E-state index in [9.17, 15) is 4.79 Å². The summed E-state index contributed by atoms with van der Waals surface area (Å²) < 4.78 is 7.40. The molecule has 4 rings (SSSR count). The number of nitrogens with zero attached hydrogens (tertiary/aromatic N) is 3. The Balaban J connectivity index is 1.53. The monoisotopic (exact) mass is 435 g/mol. The molecule has 1 aromatic carbocycles. The molecule has 0 aliphatic carbocycles. The lowest BCUT2D eigenvalue weighted by atomic mass is 10.0. The van der Waals surface area contributed by atoms with Gasteiger partial charge >= 0.3 is 0 Å². The molecule has 3 heterocycles. The van der Waals surface area contributed by atoms with Gasteiger partial charge in [0.25, 0.3) is 0 Å². The summed E-state index contributed by atoms with van der Waals surface area (Å²) in [5.41, 5.74) is 2.67. The van der Waals surface area contributed by atoms with Crippen LogP contribution in [0, 0.1) is 0 Å². The summed E-state index contributed by atoms with van der Waals surface area (Å²) in [6, 6.07) is 17.2. The number of anilines is 1. The second-order valence-electron chi connectivity index (χ2n) is 7.36. The average Bonchev–Trinajstić information content (AvgIpc) is 3.35. The van der Waals surface area contributed by atoms with Crippen LogP contribution in [0.3, 0.4) is 0 Å². The molecule has 2 atom stereocenters. The molecule has 1 fully saturated rings. The highest BCUT2D eigenvalue weighted by molar-refractivity contribution is 7.80. The van der Waals surface area contributed by atoms with Gasteiger partial charge < -0.3 is 24.8 Å². The summed E-state index contributed by atoms with van der Waals surface area (Å²) in [5, 5.41) is 6.96. The highest BCUT2D eigenvalue weighted by Gasteiger charge is 2.40. The third-order valence-corrected chi connectivity index (χ3v) is 5.80. The summed E-state index contributed by atoms with van der Waals surface area (Å²) in [6.07, 6.45) is 4.08. The number of pyridine rings is 1. The molecule has 1 saturated heterocycles. The highest BCUT2D eigenvalue weighted by atomic mass is 32.1. The van der Waals surface area contributed by atoms with E-state index in [0.29, 0.717) is 23.1 Å². The Bertz CT molecular complexity index is 1070. The number of rotatable bonds is 7. The Morgan fingerprint density at radius 1 is 1.19 bits per heavy atom. The minimum Gasteiger partial charge on any atom is -0.495 e. The number of carbonyl (C=O) groups excluding carboxylic acids is 1. The highest BCUT2D eigenvalue weighted by Crippen LogP contribution is 2.38. The molecule has 0 radical (unpaired) electrons. The third kappa shape index (κ3) is 4.39. The molecule has 2 aromatic heterocycles. The molecule has 8 heteroatoms. The van der Waals surface area contributed by atoms with Gasteiger partial charge in [-0.05, 0) is 48.6 Å².